The summed E-state index contributed by atoms with van der Waals surface area (Å²) in [5, 5.41) is 77.0. The van der Waals surface area contributed by atoms with Crippen molar-refractivity contribution in [2.24, 2.45) is 23.3 Å². The molecule has 0 saturated heterocycles. The van der Waals surface area contributed by atoms with E-state index in [2.05, 4.69) is 42.5 Å². The van der Waals surface area contributed by atoms with Crippen LogP contribution in [-0.2, 0) is 54.4 Å². The summed E-state index contributed by atoms with van der Waals surface area (Å²) in [5.41, 5.74) is 11.8. The molecule has 0 spiro atoms. The van der Waals surface area contributed by atoms with Gasteiger partial charge in [0, 0.05) is 6.42 Å². The van der Waals surface area contributed by atoms with Crippen molar-refractivity contribution in [3.8, 4) is 5.75 Å². The van der Waals surface area contributed by atoms with Crippen LogP contribution in [0.4, 0.5) is 0 Å². The molecule has 0 bridgehead atoms. The highest BCUT2D eigenvalue weighted by molar-refractivity contribution is 7.98. The number of phenolic OH excluding ortho intramolecular Hbond substituents is 1. The first-order chi connectivity index (χ1) is 33.5. The number of thioether (sulfide) groups is 1. The van der Waals surface area contributed by atoms with Gasteiger partial charge in [-0.1, -0.05) is 46.2 Å². The van der Waals surface area contributed by atoms with Gasteiger partial charge in [0.05, 0.1) is 32.3 Å². The third-order valence-electron chi connectivity index (χ3n) is 11.0. The first-order valence-corrected chi connectivity index (χ1v) is 24.3. The van der Waals surface area contributed by atoms with Crippen molar-refractivity contribution < 1.29 is 78.6 Å². The lowest BCUT2D eigenvalue weighted by Crippen LogP contribution is -2.62. The summed E-state index contributed by atoms with van der Waals surface area (Å²) < 4.78 is 0. The maximum absolute atomic E-state index is 14.2. The van der Waals surface area contributed by atoms with Crippen molar-refractivity contribution in [2.75, 3.05) is 38.4 Å². The number of hydrogen-bond donors (Lipinski definition) is 16. The van der Waals surface area contributed by atoms with Crippen molar-refractivity contribution in [3.05, 3.63) is 29.8 Å². The lowest BCUT2D eigenvalue weighted by Gasteiger charge is -2.30. The van der Waals surface area contributed by atoms with Gasteiger partial charge in [-0.2, -0.15) is 11.8 Å². The van der Waals surface area contributed by atoms with Gasteiger partial charge in [0.25, 0.3) is 0 Å². The van der Waals surface area contributed by atoms with Crippen molar-refractivity contribution >= 4 is 71.0 Å². The summed E-state index contributed by atoms with van der Waals surface area (Å²) in [6, 6.07) is -8.32. The van der Waals surface area contributed by atoms with Crippen LogP contribution < -0.4 is 54.0 Å². The molecule has 8 amide bonds. The highest BCUT2D eigenvalue weighted by Gasteiger charge is 2.37. The molecule has 0 radical (unpaired) electrons. The molecule has 1 rings (SSSR count). The van der Waals surface area contributed by atoms with Crippen LogP contribution in [0.5, 0.6) is 5.75 Å². The van der Waals surface area contributed by atoms with Crippen molar-refractivity contribution in [3.63, 3.8) is 0 Å². The zero-order valence-corrected chi connectivity index (χ0v) is 41.3. The number of rotatable bonds is 34. The Bertz CT molecular complexity index is 1950. The number of carboxylic acid groups (broad SMARTS) is 2. The summed E-state index contributed by atoms with van der Waals surface area (Å²) in [6.07, 6.45) is 1.69. The summed E-state index contributed by atoms with van der Waals surface area (Å²) in [6.45, 7) is 3.61. The monoisotopic (exact) mass is 1030 g/mol. The number of unbranched alkanes of at least 4 members (excludes halogenated alkanes) is 1. The number of benzene rings is 1. The number of phenols is 1. The Labute approximate surface area is 415 Å². The van der Waals surface area contributed by atoms with Gasteiger partial charge in [0.1, 0.15) is 54.1 Å². The standard InChI is InChI=1S/C44H72N10O16S/c1-6-23(4)35(54-39(64)29(18-33(59)60)48-40(65)31(20-56)51-41(66)30(19-55)50-36(61)26(46)14-16-71-5)43(68)49-28(17-24-10-12-25(58)13-11-24)38(63)53-34(22(2)3)42(67)47-27(9-7-8-15-45)37(62)52-32(21-57)44(69)70/h10-13,22-23,26-32,34-35,55-58H,6-9,14-21,45-46H2,1-5H3,(H,47,67)(H,48,65)(H,49,68)(H,50,61)(H,51,66)(H,52,62)(H,53,63)(H,54,64)(H,59,60)(H,69,70)/t23-,26-,27-,28-,29-,30-,31-,32-,34-,35-/m0/s1. The molecule has 1 aromatic rings. The molecule has 400 valence electrons. The van der Waals surface area contributed by atoms with Gasteiger partial charge in [-0.15, -0.1) is 0 Å². The van der Waals surface area contributed by atoms with Crippen LogP contribution in [0.1, 0.15) is 71.8 Å². The number of nitrogens with two attached hydrogens (primary N) is 2. The fourth-order valence-electron chi connectivity index (χ4n) is 6.54. The highest BCUT2D eigenvalue weighted by Crippen LogP contribution is 2.15. The van der Waals surface area contributed by atoms with E-state index in [0.29, 0.717) is 24.2 Å². The van der Waals surface area contributed by atoms with Gasteiger partial charge >= 0.3 is 11.9 Å². The second kappa shape index (κ2) is 32.7. The Balaban J connectivity index is 3.48. The average Bonchev–Trinajstić information content (AvgIpc) is 3.32. The van der Waals surface area contributed by atoms with E-state index in [0.717, 1.165) is 0 Å². The van der Waals surface area contributed by atoms with Gasteiger partial charge < -0.3 is 84.6 Å². The largest absolute Gasteiger partial charge is 0.508 e. The van der Waals surface area contributed by atoms with E-state index >= 15 is 0 Å². The number of hydrogen-bond acceptors (Lipinski definition) is 17. The third kappa shape index (κ3) is 22.2. The molecule has 1 aromatic carbocycles. The van der Waals surface area contributed by atoms with Crippen LogP contribution in [-0.4, -0.2) is 183 Å². The molecular formula is C44H72N10O16S. The first kappa shape index (κ1) is 62.9. The van der Waals surface area contributed by atoms with E-state index < -0.39 is 152 Å². The second-order valence-corrected chi connectivity index (χ2v) is 18.0. The van der Waals surface area contributed by atoms with Gasteiger partial charge in [-0.05, 0) is 73.8 Å². The molecular weight excluding hydrogens is 957 g/mol. The molecule has 0 aliphatic rings. The van der Waals surface area contributed by atoms with Crippen LogP contribution in [0.3, 0.4) is 0 Å². The van der Waals surface area contributed by atoms with Crippen LogP contribution >= 0.6 is 11.8 Å². The topological polar surface area (TPSA) is 440 Å². The molecule has 0 aliphatic heterocycles. The predicted molar refractivity (Wildman–Crippen MR) is 257 cm³/mol. The molecule has 71 heavy (non-hydrogen) atoms. The van der Waals surface area contributed by atoms with Crippen molar-refractivity contribution in [1.82, 2.24) is 42.5 Å². The summed E-state index contributed by atoms with van der Waals surface area (Å²) in [7, 11) is 0. The van der Waals surface area contributed by atoms with E-state index in [1.165, 1.54) is 36.0 Å². The van der Waals surface area contributed by atoms with Gasteiger partial charge in [0.2, 0.25) is 47.3 Å². The predicted octanol–water partition coefficient (Wildman–Crippen LogP) is -4.74. The number of aliphatic hydroxyl groups excluding tert-OH is 3. The number of carboxylic acids is 2. The van der Waals surface area contributed by atoms with Gasteiger partial charge in [0.15, 0.2) is 0 Å². The van der Waals surface area contributed by atoms with E-state index in [4.69, 9.17) is 11.5 Å². The molecule has 18 N–H and O–H groups in total. The number of amides is 8. The molecule has 0 fully saturated rings. The minimum Gasteiger partial charge on any atom is -0.508 e. The zero-order chi connectivity index (χ0) is 54.0. The fourth-order valence-corrected chi connectivity index (χ4v) is 7.03. The zero-order valence-electron chi connectivity index (χ0n) is 40.5. The Morgan fingerprint density at radius 2 is 1.03 bits per heavy atom. The summed E-state index contributed by atoms with van der Waals surface area (Å²) >= 11 is 1.42. The lowest BCUT2D eigenvalue weighted by atomic mass is 9.96. The van der Waals surface area contributed by atoms with Crippen LogP contribution in [0, 0.1) is 11.8 Å². The maximum atomic E-state index is 14.2. The Morgan fingerprint density at radius 3 is 1.52 bits per heavy atom. The lowest BCUT2D eigenvalue weighted by molar-refractivity contribution is -0.143. The number of aromatic hydroxyl groups is 1. The first-order valence-electron chi connectivity index (χ1n) is 22.9. The number of aliphatic carboxylic acids is 2. The van der Waals surface area contributed by atoms with E-state index in [9.17, 15) is 78.6 Å². The van der Waals surface area contributed by atoms with Gasteiger partial charge in [-0.3, -0.25) is 43.2 Å². The quantitative estimate of drug-likeness (QED) is 0.0288. The number of carbonyl (C=O) groups is 10. The number of carbonyl (C=O) groups excluding carboxylic acids is 8. The second-order valence-electron chi connectivity index (χ2n) is 17.0. The SMILES string of the molecule is CC[C@H](C)[C@H](NC(=O)[C@H](CC(=O)O)NC(=O)[C@H](CO)NC(=O)[C@H](CO)NC(=O)[C@@H](N)CCSC)C(=O)N[C@@H](Cc1ccc(O)cc1)C(=O)N[C@H](C(=O)N[C@@H](CCCCN)C(=O)N[C@@H](CO)C(=O)O)C(C)C. The molecule has 27 heteroatoms. The molecule has 0 aromatic heterocycles. The number of aliphatic hydroxyl groups is 3. The molecule has 10 atom stereocenters. The maximum Gasteiger partial charge on any atom is 0.328 e. The van der Waals surface area contributed by atoms with E-state index in [1.54, 1.807) is 34.0 Å². The Kier molecular flexibility index (Phi) is 29.0. The fraction of sp³-hybridized carbons (Fsp3) is 0.636. The smallest absolute Gasteiger partial charge is 0.328 e. The Morgan fingerprint density at radius 1 is 0.577 bits per heavy atom. The van der Waals surface area contributed by atoms with Crippen molar-refractivity contribution in [1.29, 1.82) is 0 Å². The third-order valence-corrected chi connectivity index (χ3v) is 11.7. The minimum atomic E-state index is -1.94. The Hall–Kier alpha value is -6.13. The van der Waals surface area contributed by atoms with E-state index in [-0.39, 0.29) is 38.0 Å². The molecule has 26 nitrogen and oxygen atoms in total. The summed E-state index contributed by atoms with van der Waals surface area (Å²) in [4.78, 5) is 132. The molecule has 0 aliphatic carbocycles. The minimum absolute atomic E-state index is 0.00380. The van der Waals surface area contributed by atoms with Crippen LogP contribution in [0.2, 0.25) is 0 Å². The normalized spacial score (nSPS) is 15.4. The number of nitrogens with one attached hydrogen (secondary N) is 8. The van der Waals surface area contributed by atoms with Crippen LogP contribution in [0.25, 0.3) is 0 Å². The molecule has 0 saturated carbocycles. The summed E-state index contributed by atoms with van der Waals surface area (Å²) in [5.74, 6) is -12.2. The average molecular weight is 1030 g/mol. The highest BCUT2D eigenvalue weighted by atomic mass is 32.2. The van der Waals surface area contributed by atoms with Crippen LogP contribution in [0.15, 0.2) is 24.3 Å². The van der Waals surface area contributed by atoms with E-state index in [1.807, 2.05) is 0 Å². The van der Waals surface area contributed by atoms with Crippen molar-refractivity contribution in [2.45, 2.75) is 127 Å². The van der Waals surface area contributed by atoms with Gasteiger partial charge in [-0.25, -0.2) is 4.79 Å². The molecule has 0 unspecified atom stereocenters. The molecule has 0 heterocycles.